The van der Waals surface area contributed by atoms with E-state index in [2.05, 4.69) is 37.7 Å². The van der Waals surface area contributed by atoms with Crippen LogP contribution in [0.4, 0.5) is 20.7 Å². The molecule has 2 aliphatic heterocycles. The standard InChI is InChI=1S/C41H51FN10O3/c1-8-29-19-30(46-37-38-44-21-35(51(38)16-15-43-37)32-11-12-34(47-36(32)42)33-24-49(6)48-26(33)2)9-10-31(29)39(53)45-20-27-13-17-52(7,18-14-27)25-28-22-50(23-28)40(54)55-41(3,4)5/h9-12,15-16,19,21,24,27-28H,8,13-14,17-18,20,22-23,25H2,1-7H3,(H-,43,45,46,53)/p+1. The number of pyridine rings is 1. The number of ether oxygens (including phenoxy) is 1. The lowest BCUT2D eigenvalue weighted by molar-refractivity contribution is -0.918. The van der Waals surface area contributed by atoms with Crippen molar-refractivity contribution in [1.82, 2.24) is 39.3 Å². The summed E-state index contributed by atoms with van der Waals surface area (Å²) in [5.41, 5.74) is 5.34. The van der Waals surface area contributed by atoms with E-state index in [9.17, 15) is 9.59 Å². The topological polar surface area (TPSA) is 132 Å². The molecule has 0 aliphatic carbocycles. The van der Waals surface area contributed by atoms with Gasteiger partial charge >= 0.3 is 6.09 Å². The van der Waals surface area contributed by atoms with E-state index in [-0.39, 0.29) is 12.0 Å². The van der Waals surface area contributed by atoms with Crippen LogP contribution in [0.2, 0.25) is 0 Å². The van der Waals surface area contributed by atoms with Gasteiger partial charge in [0, 0.05) is 80.8 Å². The molecule has 4 aromatic heterocycles. The van der Waals surface area contributed by atoms with E-state index < -0.39 is 11.5 Å². The van der Waals surface area contributed by atoms with Crippen LogP contribution in [0.5, 0.6) is 0 Å². The summed E-state index contributed by atoms with van der Waals surface area (Å²) < 4.78 is 25.4. The van der Waals surface area contributed by atoms with Crippen molar-refractivity contribution in [2.24, 2.45) is 18.9 Å². The van der Waals surface area contributed by atoms with Crippen LogP contribution in [0.3, 0.4) is 0 Å². The number of hydrogen-bond donors (Lipinski definition) is 2. The number of anilines is 2. The minimum absolute atomic E-state index is 0.0682. The fourth-order valence-corrected chi connectivity index (χ4v) is 7.90. The van der Waals surface area contributed by atoms with Crippen molar-refractivity contribution >= 4 is 29.2 Å². The predicted octanol–water partition coefficient (Wildman–Crippen LogP) is 6.40. The van der Waals surface area contributed by atoms with Crippen LogP contribution < -0.4 is 10.6 Å². The van der Waals surface area contributed by atoms with E-state index in [0.29, 0.717) is 58.8 Å². The summed E-state index contributed by atoms with van der Waals surface area (Å²) >= 11 is 0. The molecule has 7 rings (SSSR count). The van der Waals surface area contributed by atoms with Gasteiger partial charge in [0.1, 0.15) is 5.60 Å². The Labute approximate surface area is 321 Å². The number of fused-ring (bicyclic) bond motifs is 1. The van der Waals surface area contributed by atoms with Gasteiger partial charge in [-0.2, -0.15) is 9.49 Å². The van der Waals surface area contributed by atoms with Crippen LogP contribution in [0.15, 0.2) is 55.1 Å². The molecule has 13 nitrogen and oxygen atoms in total. The highest BCUT2D eigenvalue weighted by Gasteiger charge is 2.40. The number of benzene rings is 1. The van der Waals surface area contributed by atoms with E-state index in [1.807, 2.05) is 66.1 Å². The molecule has 290 valence electrons. The molecule has 0 bridgehead atoms. The quantitative estimate of drug-likeness (QED) is 0.124. The molecule has 6 heterocycles. The second-order valence-electron chi connectivity index (χ2n) is 16.5. The fourth-order valence-electron chi connectivity index (χ4n) is 7.90. The van der Waals surface area contributed by atoms with Crippen molar-refractivity contribution in [3.05, 3.63) is 77.9 Å². The van der Waals surface area contributed by atoms with Crippen molar-refractivity contribution in [2.75, 3.05) is 51.6 Å². The van der Waals surface area contributed by atoms with Crippen LogP contribution in [0.1, 0.15) is 62.2 Å². The number of hydrogen-bond acceptors (Lipinski definition) is 8. The second kappa shape index (κ2) is 15.0. The van der Waals surface area contributed by atoms with Crippen LogP contribution in [0.25, 0.3) is 28.2 Å². The van der Waals surface area contributed by atoms with Gasteiger partial charge in [-0.05, 0) is 75.9 Å². The number of rotatable bonds is 10. The lowest BCUT2D eigenvalue weighted by Crippen LogP contribution is -2.60. The maximum absolute atomic E-state index is 15.5. The van der Waals surface area contributed by atoms with Crippen molar-refractivity contribution in [3.63, 3.8) is 0 Å². The third kappa shape index (κ3) is 8.34. The molecule has 2 aliphatic rings. The third-order valence-corrected chi connectivity index (χ3v) is 10.8. The Balaban J connectivity index is 0.942. The summed E-state index contributed by atoms with van der Waals surface area (Å²) in [5.74, 6) is 0.757. The smallest absolute Gasteiger partial charge is 0.410 e. The van der Waals surface area contributed by atoms with Crippen molar-refractivity contribution in [3.8, 4) is 22.5 Å². The number of likely N-dealkylation sites (tertiary alicyclic amines) is 2. The van der Waals surface area contributed by atoms with E-state index in [1.54, 1.807) is 44.7 Å². The molecule has 2 saturated heterocycles. The molecular formula is C41H52FN10O3+. The lowest BCUT2D eigenvalue weighted by Gasteiger charge is -2.47. The van der Waals surface area contributed by atoms with E-state index in [0.717, 1.165) is 72.6 Å². The van der Waals surface area contributed by atoms with Crippen LogP contribution in [-0.2, 0) is 18.2 Å². The van der Waals surface area contributed by atoms with Crippen LogP contribution >= 0.6 is 0 Å². The number of imidazole rings is 1. The molecule has 55 heavy (non-hydrogen) atoms. The number of carbonyl (C=O) groups excluding carboxylic acids is 2. The van der Waals surface area contributed by atoms with Gasteiger partial charge in [-0.3, -0.25) is 13.9 Å². The largest absolute Gasteiger partial charge is 0.444 e. The highest BCUT2D eigenvalue weighted by molar-refractivity contribution is 5.96. The molecule has 5 aromatic rings. The van der Waals surface area contributed by atoms with Crippen molar-refractivity contribution in [1.29, 1.82) is 0 Å². The SMILES string of the molecule is CCc1cc(Nc2nccn3c(-c4ccc(-c5cn(C)nc5C)nc4F)cnc23)ccc1C(=O)NCC1CC[N+](C)(CC2CN(C(=O)OC(C)(C)C)C2)CC1. The first-order chi connectivity index (χ1) is 26.2. The van der Waals surface area contributed by atoms with Crippen LogP contribution in [-0.4, -0.2) is 102 Å². The average Bonchev–Trinajstić information content (AvgIpc) is 3.71. The summed E-state index contributed by atoms with van der Waals surface area (Å²) in [5, 5.41) is 10.9. The number of halogens is 1. The van der Waals surface area contributed by atoms with Gasteiger partial charge in [0.2, 0.25) is 5.95 Å². The molecular weight excluding hydrogens is 700 g/mol. The molecule has 2 amide bonds. The van der Waals surface area contributed by atoms with Crippen molar-refractivity contribution < 1.29 is 23.2 Å². The average molecular weight is 752 g/mol. The maximum Gasteiger partial charge on any atom is 0.410 e. The number of aromatic nitrogens is 6. The minimum Gasteiger partial charge on any atom is -0.444 e. The Morgan fingerprint density at radius 3 is 2.49 bits per heavy atom. The van der Waals surface area contributed by atoms with Gasteiger partial charge in [0.25, 0.3) is 5.91 Å². The molecule has 1 aromatic carbocycles. The van der Waals surface area contributed by atoms with Gasteiger partial charge in [-0.25, -0.2) is 19.7 Å². The minimum atomic E-state index is -0.602. The number of quaternary nitrogens is 1. The number of carbonyl (C=O) groups is 2. The first kappa shape index (κ1) is 37.9. The zero-order chi connectivity index (χ0) is 39.1. The normalized spacial score (nSPS) is 19.0. The monoisotopic (exact) mass is 751 g/mol. The highest BCUT2D eigenvalue weighted by atomic mass is 19.1. The van der Waals surface area contributed by atoms with Gasteiger partial charge in [-0.15, -0.1) is 0 Å². The number of aryl methyl sites for hydroxylation is 3. The number of amides is 2. The maximum atomic E-state index is 15.5. The third-order valence-electron chi connectivity index (χ3n) is 10.8. The Kier molecular flexibility index (Phi) is 10.4. The number of nitrogens with zero attached hydrogens (tertiary/aromatic N) is 8. The van der Waals surface area contributed by atoms with Crippen molar-refractivity contribution in [2.45, 2.75) is 59.5 Å². The number of piperidine rings is 1. The summed E-state index contributed by atoms with van der Waals surface area (Å²) in [6, 6.07) is 9.20. The van der Waals surface area contributed by atoms with Gasteiger partial charge in [0.15, 0.2) is 11.5 Å². The zero-order valence-electron chi connectivity index (χ0n) is 32.9. The van der Waals surface area contributed by atoms with Gasteiger partial charge in [0.05, 0.1) is 55.5 Å². The van der Waals surface area contributed by atoms with E-state index >= 15 is 4.39 Å². The van der Waals surface area contributed by atoms with E-state index in [1.165, 1.54) is 0 Å². The molecule has 0 atom stereocenters. The molecule has 14 heteroatoms. The van der Waals surface area contributed by atoms with E-state index in [4.69, 9.17) is 4.74 Å². The molecule has 0 saturated carbocycles. The summed E-state index contributed by atoms with van der Waals surface area (Å²) in [6.07, 6.45) is 9.39. The zero-order valence-corrected chi connectivity index (χ0v) is 32.9. The first-order valence-electron chi connectivity index (χ1n) is 19.2. The summed E-state index contributed by atoms with van der Waals surface area (Å²) in [7, 11) is 4.14. The van der Waals surface area contributed by atoms with Crippen LogP contribution in [0, 0.1) is 24.7 Å². The molecule has 0 unspecified atom stereocenters. The fraction of sp³-hybridized carbons (Fsp3) is 0.463. The molecule has 0 spiro atoms. The van der Waals surface area contributed by atoms with Gasteiger partial charge in [-0.1, -0.05) is 6.92 Å². The second-order valence-corrected chi connectivity index (χ2v) is 16.5. The summed E-state index contributed by atoms with van der Waals surface area (Å²) in [4.78, 5) is 41.0. The summed E-state index contributed by atoms with van der Waals surface area (Å²) in [6.45, 7) is 14.9. The Bertz CT molecular complexity index is 2210. The Morgan fingerprint density at radius 2 is 1.82 bits per heavy atom. The van der Waals surface area contributed by atoms with Gasteiger partial charge < -0.3 is 24.8 Å². The molecule has 0 radical (unpaired) electrons. The molecule has 2 N–H and O–H groups in total. The first-order valence-corrected chi connectivity index (χ1v) is 19.2. The lowest BCUT2D eigenvalue weighted by atomic mass is 9.92. The molecule has 2 fully saturated rings. The Morgan fingerprint density at radius 1 is 1.05 bits per heavy atom. The Hall–Kier alpha value is -5.37. The highest BCUT2D eigenvalue weighted by Crippen LogP contribution is 2.31. The number of nitrogens with one attached hydrogen (secondary N) is 2. The predicted molar refractivity (Wildman–Crippen MR) is 209 cm³/mol.